The van der Waals surface area contributed by atoms with E-state index in [0.717, 1.165) is 27.5 Å². The van der Waals surface area contributed by atoms with E-state index < -0.39 is 9.05 Å². The molecule has 0 saturated carbocycles. The van der Waals surface area contributed by atoms with Crippen LogP contribution in [0.1, 0.15) is 11.5 Å². The average molecular weight is 278 g/mol. The van der Waals surface area contributed by atoms with E-state index in [0.29, 0.717) is 5.76 Å². The third-order valence-corrected chi connectivity index (χ3v) is 5.30. The Bertz CT molecular complexity index is 607. The van der Waals surface area contributed by atoms with Crippen LogP contribution < -0.4 is 0 Å². The monoisotopic (exact) mass is 277 g/mol. The Kier molecular flexibility index (Phi) is 2.81. The highest BCUT2D eigenvalue weighted by molar-refractivity contribution is 8.15. The summed E-state index contributed by atoms with van der Waals surface area (Å²) in [7, 11) is 1.60. The lowest BCUT2D eigenvalue weighted by molar-refractivity contribution is 0.393. The third-order valence-electron chi connectivity index (χ3n) is 2.10. The molecular formula is C9H8ClNO3S2. The molecule has 7 heteroatoms. The molecule has 4 nitrogen and oxygen atoms in total. The highest BCUT2D eigenvalue weighted by atomic mass is 35.7. The largest absolute Gasteiger partial charge is 0.361 e. The maximum absolute atomic E-state index is 11.1. The number of nitrogens with zero attached hydrogens (tertiary/aromatic N) is 1. The molecule has 0 saturated heterocycles. The van der Waals surface area contributed by atoms with E-state index in [1.807, 2.05) is 0 Å². The van der Waals surface area contributed by atoms with Gasteiger partial charge in [-0.2, -0.15) is 0 Å². The fraction of sp³-hybridized carbons (Fsp3) is 0.222. The van der Waals surface area contributed by atoms with Crippen molar-refractivity contribution in [1.29, 1.82) is 0 Å². The van der Waals surface area contributed by atoms with E-state index >= 15 is 0 Å². The molecule has 0 bridgehead atoms. The van der Waals surface area contributed by atoms with Crippen LogP contribution in [0, 0.1) is 13.8 Å². The van der Waals surface area contributed by atoms with Crippen LogP contribution in [0.4, 0.5) is 0 Å². The topological polar surface area (TPSA) is 60.2 Å². The second-order valence-electron chi connectivity index (χ2n) is 3.26. The van der Waals surface area contributed by atoms with Gasteiger partial charge < -0.3 is 4.52 Å². The molecule has 16 heavy (non-hydrogen) atoms. The first-order valence-electron chi connectivity index (χ1n) is 4.37. The quantitative estimate of drug-likeness (QED) is 0.792. The number of aromatic nitrogens is 1. The summed E-state index contributed by atoms with van der Waals surface area (Å²) in [5.74, 6) is 0.665. The van der Waals surface area contributed by atoms with Gasteiger partial charge in [-0.05, 0) is 26.0 Å². The standard InChI is InChI=1S/C9H8ClNO3S2/c1-5-9(6(2)14-11-5)7-3-4-8(15-7)16(10,12)13/h3-4H,1-2H3. The first-order valence-corrected chi connectivity index (χ1v) is 7.50. The Hall–Kier alpha value is -0.850. The lowest BCUT2D eigenvalue weighted by Crippen LogP contribution is -1.83. The summed E-state index contributed by atoms with van der Waals surface area (Å²) in [4.78, 5) is 0.787. The van der Waals surface area contributed by atoms with Gasteiger partial charge in [0.25, 0.3) is 9.05 Å². The van der Waals surface area contributed by atoms with Gasteiger partial charge in [-0.25, -0.2) is 8.42 Å². The van der Waals surface area contributed by atoms with E-state index in [1.54, 1.807) is 19.9 Å². The molecule has 0 N–H and O–H groups in total. The summed E-state index contributed by atoms with van der Waals surface area (Å²) in [5, 5.41) is 3.81. The highest BCUT2D eigenvalue weighted by Gasteiger charge is 2.18. The van der Waals surface area contributed by atoms with Crippen molar-refractivity contribution in [3.8, 4) is 10.4 Å². The third kappa shape index (κ3) is 2.00. The summed E-state index contributed by atoms with van der Waals surface area (Å²) in [6, 6.07) is 3.18. The molecule has 0 fully saturated rings. The molecule has 0 amide bonds. The summed E-state index contributed by atoms with van der Waals surface area (Å²) in [6.07, 6.45) is 0. The Morgan fingerprint density at radius 2 is 2.06 bits per heavy atom. The summed E-state index contributed by atoms with van der Waals surface area (Å²) in [5.41, 5.74) is 1.56. The fourth-order valence-corrected chi connectivity index (χ4v) is 3.64. The normalized spacial score (nSPS) is 11.9. The molecule has 2 heterocycles. The number of halogens is 1. The smallest absolute Gasteiger partial charge is 0.270 e. The van der Waals surface area contributed by atoms with E-state index in [-0.39, 0.29) is 4.21 Å². The first kappa shape index (κ1) is 11.6. The van der Waals surface area contributed by atoms with E-state index in [2.05, 4.69) is 5.16 Å². The van der Waals surface area contributed by atoms with Crippen molar-refractivity contribution in [2.45, 2.75) is 18.1 Å². The molecule has 0 unspecified atom stereocenters. The van der Waals surface area contributed by atoms with Crippen LogP contribution in [0.15, 0.2) is 20.9 Å². The molecule has 86 valence electrons. The predicted octanol–water partition coefficient (Wildman–Crippen LogP) is 2.95. The second-order valence-corrected chi connectivity index (χ2v) is 7.13. The number of rotatable bonds is 2. The Morgan fingerprint density at radius 3 is 2.50 bits per heavy atom. The van der Waals surface area contributed by atoms with Crippen molar-refractivity contribution in [3.63, 3.8) is 0 Å². The lowest BCUT2D eigenvalue weighted by atomic mass is 10.2. The number of thiophene rings is 1. The molecule has 0 aromatic carbocycles. The van der Waals surface area contributed by atoms with E-state index in [9.17, 15) is 8.42 Å². The van der Waals surface area contributed by atoms with Gasteiger partial charge in [-0.15, -0.1) is 11.3 Å². The van der Waals surface area contributed by atoms with Gasteiger partial charge in [0.1, 0.15) is 9.97 Å². The van der Waals surface area contributed by atoms with Crippen LogP contribution in [0.25, 0.3) is 10.4 Å². The van der Waals surface area contributed by atoms with E-state index in [4.69, 9.17) is 15.2 Å². The molecule has 0 radical (unpaired) electrons. The molecular weight excluding hydrogens is 270 g/mol. The maximum atomic E-state index is 11.1. The number of hydrogen-bond donors (Lipinski definition) is 0. The highest BCUT2D eigenvalue weighted by Crippen LogP contribution is 2.35. The van der Waals surface area contributed by atoms with Crippen LogP contribution in [-0.2, 0) is 9.05 Å². The second kappa shape index (κ2) is 3.87. The zero-order valence-electron chi connectivity index (χ0n) is 8.52. The Labute approximate surface area is 101 Å². The van der Waals surface area contributed by atoms with Gasteiger partial charge in [0, 0.05) is 15.6 Å². The minimum atomic E-state index is -3.66. The van der Waals surface area contributed by atoms with Crippen molar-refractivity contribution < 1.29 is 12.9 Å². The fourth-order valence-electron chi connectivity index (χ4n) is 1.42. The number of aryl methyl sites for hydroxylation is 2. The van der Waals surface area contributed by atoms with Crippen LogP contribution in [-0.4, -0.2) is 13.6 Å². The van der Waals surface area contributed by atoms with Crippen LogP contribution >= 0.6 is 22.0 Å². The minimum absolute atomic E-state index is 0.129. The van der Waals surface area contributed by atoms with Gasteiger partial charge in [0.2, 0.25) is 0 Å². The van der Waals surface area contributed by atoms with Gasteiger partial charge in [0.15, 0.2) is 0 Å². The van der Waals surface area contributed by atoms with E-state index in [1.165, 1.54) is 6.07 Å². The molecule has 2 rings (SSSR count). The minimum Gasteiger partial charge on any atom is -0.361 e. The van der Waals surface area contributed by atoms with Gasteiger partial charge in [-0.1, -0.05) is 5.16 Å². The van der Waals surface area contributed by atoms with Gasteiger partial charge in [-0.3, -0.25) is 0 Å². The summed E-state index contributed by atoms with van der Waals surface area (Å²) >= 11 is 1.11. The molecule has 0 spiro atoms. The van der Waals surface area contributed by atoms with Gasteiger partial charge >= 0.3 is 0 Å². The Morgan fingerprint density at radius 1 is 1.38 bits per heavy atom. The molecule has 2 aromatic rings. The van der Waals surface area contributed by atoms with Gasteiger partial charge in [0.05, 0.1) is 11.3 Å². The number of hydrogen-bond acceptors (Lipinski definition) is 5. The van der Waals surface area contributed by atoms with Crippen molar-refractivity contribution in [3.05, 3.63) is 23.6 Å². The van der Waals surface area contributed by atoms with Crippen molar-refractivity contribution >= 4 is 31.1 Å². The first-order chi connectivity index (χ1) is 7.39. The summed E-state index contributed by atoms with van der Waals surface area (Å²) in [6.45, 7) is 3.59. The zero-order valence-corrected chi connectivity index (χ0v) is 10.9. The van der Waals surface area contributed by atoms with Crippen LogP contribution in [0.3, 0.4) is 0 Å². The molecule has 0 aliphatic heterocycles. The van der Waals surface area contributed by atoms with Crippen molar-refractivity contribution in [2.24, 2.45) is 0 Å². The molecule has 2 aromatic heterocycles. The predicted molar refractivity (Wildman–Crippen MR) is 62.3 cm³/mol. The molecule has 0 atom stereocenters. The summed E-state index contributed by atoms with van der Waals surface area (Å²) < 4.78 is 27.4. The maximum Gasteiger partial charge on any atom is 0.270 e. The average Bonchev–Trinajstić information content (AvgIpc) is 2.72. The Balaban J connectivity index is 2.55. The SMILES string of the molecule is Cc1noc(C)c1-c1ccc(S(=O)(=O)Cl)s1. The lowest BCUT2D eigenvalue weighted by Gasteiger charge is -1.93. The van der Waals surface area contributed by atoms with Crippen molar-refractivity contribution in [1.82, 2.24) is 5.16 Å². The molecule has 0 aliphatic carbocycles. The van der Waals surface area contributed by atoms with Crippen LogP contribution in [0.5, 0.6) is 0 Å². The van der Waals surface area contributed by atoms with Crippen LogP contribution in [0.2, 0.25) is 0 Å². The molecule has 0 aliphatic rings. The zero-order chi connectivity index (χ0) is 11.9. The van der Waals surface area contributed by atoms with Crippen molar-refractivity contribution in [2.75, 3.05) is 0 Å².